The van der Waals surface area contributed by atoms with Gasteiger partial charge in [-0.05, 0) is 84.8 Å². The van der Waals surface area contributed by atoms with Crippen LogP contribution in [0, 0.1) is 6.92 Å². The quantitative estimate of drug-likeness (QED) is 0.110. The van der Waals surface area contributed by atoms with E-state index in [1.165, 1.54) is 0 Å². The van der Waals surface area contributed by atoms with Gasteiger partial charge in [-0.1, -0.05) is 60.7 Å². The molecule has 4 aromatic carbocycles. The second-order valence-corrected chi connectivity index (χ2v) is 13.2. The first-order chi connectivity index (χ1) is 18.7. The molecule has 0 atom stereocenters. The number of hydrogen-bond donors (Lipinski definition) is 0. The number of esters is 1. The Morgan fingerprint density at radius 2 is 1.18 bits per heavy atom. The van der Waals surface area contributed by atoms with E-state index in [1.54, 1.807) is 43.3 Å². The molecule has 0 aliphatic carbocycles. The Hall–Kier alpha value is -3.85. The van der Waals surface area contributed by atoms with Crippen molar-refractivity contribution < 1.29 is 26.3 Å². The maximum Gasteiger partial charge on any atom is 0.333 e. The fourth-order valence-corrected chi connectivity index (χ4v) is 8.99. The van der Waals surface area contributed by atoms with Crippen LogP contribution in [0.25, 0.3) is 0 Å². The second kappa shape index (κ2) is 12.3. The van der Waals surface area contributed by atoms with Crippen LogP contribution in [0.5, 0.6) is 5.75 Å². The monoisotopic (exact) mass is 562 g/mol. The SMILES string of the molecule is C=C(C)C(=O)OCCOc1ccc(S(OS(=O)(=O)c2ccc(C)cc2)(c2ccccc2)c2ccccc2)cc1. The lowest BCUT2D eigenvalue weighted by Crippen LogP contribution is -2.15. The summed E-state index contributed by atoms with van der Waals surface area (Å²) in [5.41, 5.74) is 1.27. The molecular formula is C31H30O6S2. The summed E-state index contributed by atoms with van der Waals surface area (Å²) in [4.78, 5) is 13.8. The molecule has 0 saturated carbocycles. The molecule has 0 aromatic heterocycles. The second-order valence-electron chi connectivity index (χ2n) is 8.75. The Kier molecular flexibility index (Phi) is 8.91. The molecule has 0 fully saturated rings. The molecule has 0 N–H and O–H groups in total. The summed E-state index contributed by atoms with van der Waals surface area (Å²) in [5, 5.41) is 0. The van der Waals surface area contributed by atoms with Crippen LogP contribution < -0.4 is 4.74 Å². The van der Waals surface area contributed by atoms with E-state index in [4.69, 9.17) is 13.1 Å². The highest BCUT2D eigenvalue weighted by Crippen LogP contribution is 2.70. The van der Waals surface area contributed by atoms with Crippen LogP contribution in [-0.2, 0) is 23.3 Å². The third kappa shape index (κ3) is 6.60. The molecule has 0 bridgehead atoms. The lowest BCUT2D eigenvalue weighted by molar-refractivity contribution is -0.139. The Balaban J connectivity index is 1.75. The Bertz CT molecular complexity index is 1480. The maximum atomic E-state index is 13.7. The summed E-state index contributed by atoms with van der Waals surface area (Å²) in [5.74, 6) is 0.0703. The van der Waals surface area contributed by atoms with E-state index in [2.05, 4.69) is 6.58 Å². The molecule has 0 radical (unpaired) electrons. The highest BCUT2D eigenvalue weighted by atomic mass is 32.3. The molecule has 0 amide bonds. The minimum Gasteiger partial charge on any atom is -0.490 e. The molecule has 202 valence electrons. The summed E-state index contributed by atoms with van der Waals surface area (Å²) >= 11 is 0. The number of carbonyl (C=O) groups excluding carboxylic acids is 1. The van der Waals surface area contributed by atoms with E-state index in [-0.39, 0.29) is 18.1 Å². The summed E-state index contributed by atoms with van der Waals surface area (Å²) in [6, 6.07) is 32.5. The number of rotatable bonds is 11. The van der Waals surface area contributed by atoms with Crippen molar-refractivity contribution in [3.8, 4) is 5.75 Å². The van der Waals surface area contributed by atoms with Gasteiger partial charge in [-0.25, -0.2) is 8.42 Å². The zero-order valence-corrected chi connectivity index (χ0v) is 23.4. The first-order valence-electron chi connectivity index (χ1n) is 12.2. The lowest BCUT2D eigenvalue weighted by atomic mass is 10.2. The van der Waals surface area contributed by atoms with E-state index in [1.807, 2.05) is 79.7 Å². The molecule has 8 heteroatoms. The van der Waals surface area contributed by atoms with E-state index >= 15 is 0 Å². The summed E-state index contributed by atoms with van der Waals surface area (Å²) < 4.78 is 44.7. The van der Waals surface area contributed by atoms with Gasteiger partial charge in [0.1, 0.15) is 19.0 Å². The molecule has 39 heavy (non-hydrogen) atoms. The molecule has 0 unspecified atom stereocenters. The van der Waals surface area contributed by atoms with E-state index < -0.39 is 26.4 Å². The number of hydrogen-bond acceptors (Lipinski definition) is 6. The summed E-state index contributed by atoms with van der Waals surface area (Å²) in [6.45, 7) is 7.27. The maximum absolute atomic E-state index is 13.7. The predicted molar refractivity (Wildman–Crippen MR) is 152 cm³/mol. The van der Waals surface area contributed by atoms with Crippen LogP contribution in [0.15, 0.2) is 141 Å². The van der Waals surface area contributed by atoms with Crippen LogP contribution in [0.1, 0.15) is 12.5 Å². The molecule has 0 aliphatic rings. The minimum absolute atomic E-state index is 0.0779. The van der Waals surface area contributed by atoms with Crippen LogP contribution in [0.2, 0.25) is 0 Å². The van der Waals surface area contributed by atoms with Gasteiger partial charge in [0.2, 0.25) is 0 Å². The molecule has 0 heterocycles. The van der Waals surface area contributed by atoms with Gasteiger partial charge in [0.25, 0.3) is 0 Å². The first kappa shape index (κ1) is 28.2. The third-order valence-electron chi connectivity index (χ3n) is 5.74. The van der Waals surface area contributed by atoms with Crippen molar-refractivity contribution in [2.75, 3.05) is 13.2 Å². The van der Waals surface area contributed by atoms with Gasteiger partial charge in [0.15, 0.2) is 0 Å². The lowest BCUT2D eigenvalue weighted by Gasteiger charge is -2.39. The molecule has 4 rings (SSSR count). The van der Waals surface area contributed by atoms with Crippen molar-refractivity contribution in [2.24, 2.45) is 0 Å². The zero-order valence-electron chi connectivity index (χ0n) is 21.8. The number of aryl methyl sites for hydroxylation is 1. The average Bonchev–Trinajstić information content (AvgIpc) is 2.95. The standard InChI is InChI=1S/C31H30O6S2/c1-24(2)31(32)36-23-22-35-26-16-20-29(21-17-26)38(27-10-6-4-7-11-27,28-12-8-5-9-13-28)37-39(33,34)30-18-14-25(3)15-19-30/h4-21H,1,22-23H2,2-3H3. The average molecular weight is 563 g/mol. The fourth-order valence-electron chi connectivity index (χ4n) is 3.77. The molecule has 6 nitrogen and oxygen atoms in total. The van der Waals surface area contributed by atoms with Gasteiger partial charge in [-0.3, -0.25) is 0 Å². The summed E-state index contributed by atoms with van der Waals surface area (Å²) in [6.07, 6.45) is 0. The van der Waals surface area contributed by atoms with Crippen LogP contribution in [-0.4, -0.2) is 27.6 Å². The van der Waals surface area contributed by atoms with E-state index in [0.29, 0.717) is 16.2 Å². The Labute approximate surface area is 231 Å². The van der Waals surface area contributed by atoms with Crippen molar-refractivity contribution in [1.29, 1.82) is 0 Å². The van der Waals surface area contributed by atoms with E-state index in [0.717, 1.165) is 15.4 Å². The normalized spacial score (nSPS) is 11.9. The van der Waals surface area contributed by atoms with Crippen LogP contribution in [0.3, 0.4) is 0 Å². The third-order valence-corrected chi connectivity index (χ3v) is 10.9. The van der Waals surface area contributed by atoms with Crippen molar-refractivity contribution in [3.63, 3.8) is 0 Å². The number of ether oxygens (including phenoxy) is 2. The summed E-state index contributed by atoms with van der Waals surface area (Å²) in [7, 11) is -6.91. The topological polar surface area (TPSA) is 78.9 Å². The molecule has 4 aromatic rings. The van der Waals surface area contributed by atoms with Crippen molar-refractivity contribution in [1.82, 2.24) is 0 Å². The van der Waals surface area contributed by atoms with Crippen molar-refractivity contribution in [2.45, 2.75) is 33.4 Å². The minimum atomic E-state index is -4.17. The van der Waals surface area contributed by atoms with Gasteiger partial charge >= 0.3 is 16.1 Å². The first-order valence-corrected chi connectivity index (χ1v) is 15.2. The van der Waals surface area contributed by atoms with Crippen LogP contribution >= 0.6 is 10.3 Å². The smallest absolute Gasteiger partial charge is 0.333 e. The predicted octanol–water partition coefficient (Wildman–Crippen LogP) is 7.10. The zero-order chi connectivity index (χ0) is 27.9. The molecule has 0 spiro atoms. The highest BCUT2D eigenvalue weighted by Gasteiger charge is 2.38. The van der Waals surface area contributed by atoms with Gasteiger partial charge < -0.3 is 9.47 Å². The van der Waals surface area contributed by atoms with E-state index in [9.17, 15) is 13.2 Å². The Morgan fingerprint density at radius 3 is 1.69 bits per heavy atom. The van der Waals surface area contributed by atoms with Crippen molar-refractivity contribution in [3.05, 3.63) is 127 Å². The van der Waals surface area contributed by atoms with Crippen molar-refractivity contribution >= 4 is 26.4 Å². The van der Waals surface area contributed by atoms with Crippen LogP contribution in [0.4, 0.5) is 0 Å². The Morgan fingerprint density at radius 1 is 0.692 bits per heavy atom. The number of carbonyl (C=O) groups is 1. The fraction of sp³-hybridized carbons (Fsp3) is 0.129. The molecular weight excluding hydrogens is 532 g/mol. The number of benzene rings is 4. The molecule has 0 saturated heterocycles. The largest absolute Gasteiger partial charge is 0.490 e. The molecule has 0 aliphatic heterocycles. The highest BCUT2D eigenvalue weighted by molar-refractivity contribution is 8.33. The van der Waals surface area contributed by atoms with Gasteiger partial charge in [-0.15, -0.1) is 0 Å². The van der Waals surface area contributed by atoms with Gasteiger partial charge in [0.05, 0.1) is 4.90 Å². The van der Waals surface area contributed by atoms with Gasteiger partial charge in [0, 0.05) is 20.3 Å². The van der Waals surface area contributed by atoms with Gasteiger partial charge in [-0.2, -0.15) is 8.42 Å².